The molecule has 1 unspecified atom stereocenters. The van der Waals surface area contributed by atoms with E-state index in [1.807, 2.05) is 0 Å². The third-order valence-electron chi connectivity index (χ3n) is 5.65. The number of hydrogen-bond acceptors (Lipinski definition) is 4. The second kappa shape index (κ2) is 21.6. The predicted octanol–water partition coefficient (Wildman–Crippen LogP) is 8.15. The molecule has 1 atom stereocenters. The van der Waals surface area contributed by atoms with Gasteiger partial charge in [0.1, 0.15) is 0 Å². The first-order valence-electron chi connectivity index (χ1n) is 13.0. The highest BCUT2D eigenvalue weighted by molar-refractivity contribution is 4.77. The lowest BCUT2D eigenvalue weighted by Crippen LogP contribution is -2.47. The van der Waals surface area contributed by atoms with Crippen molar-refractivity contribution in [3.05, 3.63) is 0 Å². The van der Waals surface area contributed by atoms with Crippen LogP contribution in [0.2, 0.25) is 0 Å². The number of ether oxygens (including phenoxy) is 3. The van der Waals surface area contributed by atoms with E-state index in [1.165, 1.54) is 38.5 Å². The van der Waals surface area contributed by atoms with Gasteiger partial charge in [-0.25, -0.2) is 0 Å². The molecule has 0 radical (unpaired) electrons. The lowest BCUT2D eigenvalue weighted by atomic mass is 9.92. The summed E-state index contributed by atoms with van der Waals surface area (Å²) in [5, 5.41) is 9.05. The van der Waals surface area contributed by atoms with Crippen LogP contribution in [0.15, 0.2) is 0 Å². The second-order valence-corrected chi connectivity index (χ2v) is 8.51. The predicted molar refractivity (Wildman–Crippen MR) is 126 cm³/mol. The molecule has 0 saturated carbocycles. The lowest BCUT2D eigenvalue weighted by Gasteiger charge is -2.40. The van der Waals surface area contributed by atoms with E-state index in [9.17, 15) is 0 Å². The number of rotatable bonds is 23. The van der Waals surface area contributed by atoms with Gasteiger partial charge in [0, 0.05) is 12.3 Å². The van der Waals surface area contributed by atoms with Crippen LogP contribution in [0.3, 0.4) is 0 Å². The fourth-order valence-electron chi connectivity index (χ4n) is 3.65. The minimum absolute atomic E-state index is 0.183. The zero-order chi connectivity index (χ0) is 22.3. The summed E-state index contributed by atoms with van der Waals surface area (Å²) in [4.78, 5) is 0. The molecule has 0 saturated heterocycles. The summed E-state index contributed by atoms with van der Waals surface area (Å²) >= 11 is 0. The molecule has 4 nitrogen and oxygen atoms in total. The molecule has 178 valence electrons. The highest BCUT2D eigenvalue weighted by atomic mass is 16.9. The van der Waals surface area contributed by atoms with Gasteiger partial charge in [0.05, 0.1) is 25.9 Å². The van der Waals surface area contributed by atoms with Gasteiger partial charge in [0.2, 0.25) is 0 Å². The smallest absolute Gasteiger partial charge is 0.285 e. The Morgan fingerprint density at radius 1 is 0.600 bits per heavy atom. The van der Waals surface area contributed by atoms with Crippen LogP contribution in [0.4, 0.5) is 0 Å². The molecule has 0 aliphatic carbocycles. The minimum atomic E-state index is -0.946. The largest absolute Gasteiger partial charge is 0.327 e. The summed E-state index contributed by atoms with van der Waals surface area (Å²) in [7, 11) is 0. The van der Waals surface area contributed by atoms with Crippen molar-refractivity contribution in [1.82, 2.24) is 0 Å². The van der Waals surface area contributed by atoms with Gasteiger partial charge in [-0.1, -0.05) is 85.5 Å². The van der Waals surface area contributed by atoms with Crippen LogP contribution in [0.25, 0.3) is 0 Å². The molecule has 0 heterocycles. The third-order valence-corrected chi connectivity index (χ3v) is 5.65. The molecule has 0 N–H and O–H groups in total. The van der Waals surface area contributed by atoms with E-state index in [1.54, 1.807) is 0 Å². The van der Waals surface area contributed by atoms with Crippen LogP contribution in [0.1, 0.15) is 130 Å². The number of nitriles is 1. The summed E-state index contributed by atoms with van der Waals surface area (Å²) in [6, 6.07) is 2.30. The van der Waals surface area contributed by atoms with Crippen molar-refractivity contribution in [2.24, 2.45) is 5.92 Å². The van der Waals surface area contributed by atoms with Gasteiger partial charge in [0.15, 0.2) is 0 Å². The van der Waals surface area contributed by atoms with Crippen molar-refractivity contribution >= 4 is 0 Å². The Labute approximate surface area is 188 Å². The first-order valence-corrected chi connectivity index (χ1v) is 13.0. The molecule has 30 heavy (non-hydrogen) atoms. The Hall–Kier alpha value is -0.630. The summed E-state index contributed by atoms with van der Waals surface area (Å²) in [5.41, 5.74) is 0. The molecule has 0 rings (SSSR count). The van der Waals surface area contributed by atoms with E-state index < -0.39 is 5.97 Å². The van der Waals surface area contributed by atoms with Crippen LogP contribution in [0, 0.1) is 17.2 Å². The Balaban J connectivity index is 5.28. The van der Waals surface area contributed by atoms with E-state index in [0.29, 0.717) is 26.2 Å². The zero-order valence-corrected chi connectivity index (χ0v) is 20.7. The molecule has 0 aromatic carbocycles. The minimum Gasteiger partial charge on any atom is -0.327 e. The molecule has 0 aliphatic rings. The first kappa shape index (κ1) is 29.4. The Kier molecular flexibility index (Phi) is 21.1. The zero-order valence-electron chi connectivity index (χ0n) is 20.7. The van der Waals surface area contributed by atoms with E-state index in [-0.39, 0.29) is 5.92 Å². The van der Waals surface area contributed by atoms with Crippen LogP contribution >= 0.6 is 0 Å². The van der Waals surface area contributed by atoms with Gasteiger partial charge < -0.3 is 14.2 Å². The third kappa shape index (κ3) is 14.4. The Morgan fingerprint density at radius 3 is 1.50 bits per heavy atom. The molecule has 4 heteroatoms. The fraction of sp³-hybridized carbons (Fsp3) is 0.962. The molecule has 0 aliphatic heterocycles. The Morgan fingerprint density at radius 2 is 1.03 bits per heavy atom. The van der Waals surface area contributed by atoms with Gasteiger partial charge in [-0.2, -0.15) is 5.26 Å². The van der Waals surface area contributed by atoms with E-state index in [0.717, 1.165) is 57.8 Å². The number of nitrogens with zero attached hydrogens (tertiary/aromatic N) is 1. The molecule has 0 fully saturated rings. The maximum atomic E-state index is 9.05. The monoisotopic (exact) mass is 425 g/mol. The summed E-state index contributed by atoms with van der Waals surface area (Å²) < 4.78 is 19.3. The summed E-state index contributed by atoms with van der Waals surface area (Å²) in [6.45, 7) is 10.8. The van der Waals surface area contributed by atoms with Gasteiger partial charge in [0.25, 0.3) is 5.97 Å². The summed E-state index contributed by atoms with van der Waals surface area (Å²) in [6.07, 6.45) is 17.4. The van der Waals surface area contributed by atoms with Gasteiger partial charge in [-0.15, -0.1) is 0 Å². The highest BCUT2D eigenvalue weighted by Gasteiger charge is 2.42. The number of hydrogen-bond donors (Lipinski definition) is 0. The topological polar surface area (TPSA) is 51.5 Å². The molecule has 0 aromatic heterocycles. The van der Waals surface area contributed by atoms with E-state index in [4.69, 9.17) is 19.5 Å². The highest BCUT2D eigenvalue weighted by Crippen LogP contribution is 2.35. The van der Waals surface area contributed by atoms with Crippen LogP contribution in [-0.4, -0.2) is 25.8 Å². The van der Waals surface area contributed by atoms with Crippen LogP contribution in [-0.2, 0) is 14.2 Å². The van der Waals surface area contributed by atoms with Crippen molar-refractivity contribution in [3.63, 3.8) is 0 Å². The maximum Gasteiger partial charge on any atom is 0.285 e. The summed E-state index contributed by atoms with van der Waals surface area (Å²) in [5.74, 6) is -0.763. The normalized spacial score (nSPS) is 12.8. The SMILES string of the molecule is CCCCCCCCC(CCCC#N)C(OCCCC)(OCCCC)OCCCC. The van der Waals surface area contributed by atoms with Gasteiger partial charge in [-0.05, 0) is 38.5 Å². The molecule has 0 aromatic rings. The standard InChI is InChI=1S/C26H51NO3/c1-5-9-13-14-15-16-19-25(20-17-18-21-27)26(28-22-10-6-2,29-23-11-7-3)30-24-12-8-4/h25H,5-20,22-24H2,1-4H3. The average Bonchev–Trinajstić information content (AvgIpc) is 2.75. The van der Waals surface area contributed by atoms with Crippen molar-refractivity contribution < 1.29 is 14.2 Å². The number of unbranched alkanes of at least 4 members (excludes halogenated alkanes) is 9. The molecule has 0 spiro atoms. The van der Waals surface area contributed by atoms with E-state index >= 15 is 0 Å². The van der Waals surface area contributed by atoms with Crippen molar-refractivity contribution in [3.8, 4) is 6.07 Å². The fourth-order valence-corrected chi connectivity index (χ4v) is 3.65. The van der Waals surface area contributed by atoms with E-state index in [2.05, 4.69) is 33.8 Å². The quantitative estimate of drug-likeness (QED) is 0.122. The molecule has 0 bridgehead atoms. The Bertz CT molecular complexity index is 368. The van der Waals surface area contributed by atoms with Crippen LogP contribution < -0.4 is 0 Å². The van der Waals surface area contributed by atoms with Gasteiger partial charge in [-0.3, -0.25) is 0 Å². The average molecular weight is 426 g/mol. The second-order valence-electron chi connectivity index (χ2n) is 8.51. The van der Waals surface area contributed by atoms with Gasteiger partial charge >= 0.3 is 0 Å². The maximum absolute atomic E-state index is 9.05. The van der Waals surface area contributed by atoms with Crippen molar-refractivity contribution in [1.29, 1.82) is 5.26 Å². The molecule has 0 amide bonds. The molecular formula is C26H51NO3. The molecular weight excluding hydrogens is 374 g/mol. The van der Waals surface area contributed by atoms with Crippen LogP contribution in [0.5, 0.6) is 0 Å². The van der Waals surface area contributed by atoms with Crippen molar-refractivity contribution in [2.45, 2.75) is 136 Å². The van der Waals surface area contributed by atoms with Crippen molar-refractivity contribution in [2.75, 3.05) is 19.8 Å². The lowest BCUT2D eigenvalue weighted by molar-refractivity contribution is -0.407. The first-order chi connectivity index (χ1) is 14.7.